The largest absolute Gasteiger partial charge is 0.415 e. The van der Waals surface area contributed by atoms with Crippen molar-refractivity contribution in [1.82, 2.24) is 16.0 Å². The Kier molecular flexibility index (Phi) is 6.11. The Hall–Kier alpha value is -0.770. The number of carbonyl (C=O) groups is 1. The van der Waals surface area contributed by atoms with Gasteiger partial charge in [0, 0.05) is 30.8 Å². The average molecular weight is 299 g/mol. The molecule has 1 saturated heterocycles. The van der Waals surface area contributed by atoms with E-state index in [-0.39, 0.29) is 18.6 Å². The summed E-state index contributed by atoms with van der Waals surface area (Å²) < 4.78 is 41.9. The van der Waals surface area contributed by atoms with Gasteiger partial charge in [-0.2, -0.15) is 13.2 Å². The SMILES string of the molecule is C=C(CCNC)NC(=O)C1CNC(C(F)(F)F)SO1. The van der Waals surface area contributed by atoms with Gasteiger partial charge in [0.2, 0.25) is 0 Å². The molecule has 0 spiro atoms. The second-order valence-electron chi connectivity index (χ2n) is 3.96. The average Bonchev–Trinajstić information content (AvgIpc) is 2.35. The number of halogens is 3. The van der Waals surface area contributed by atoms with Gasteiger partial charge in [-0.1, -0.05) is 6.58 Å². The van der Waals surface area contributed by atoms with Gasteiger partial charge in [0.25, 0.3) is 5.91 Å². The summed E-state index contributed by atoms with van der Waals surface area (Å²) in [7, 11) is 1.76. The molecule has 9 heteroatoms. The zero-order valence-corrected chi connectivity index (χ0v) is 11.2. The predicted molar refractivity (Wildman–Crippen MR) is 66.1 cm³/mol. The summed E-state index contributed by atoms with van der Waals surface area (Å²) in [6.07, 6.45) is -4.82. The molecule has 1 heterocycles. The molecule has 1 aliphatic heterocycles. The molecule has 2 atom stereocenters. The topological polar surface area (TPSA) is 62.4 Å². The van der Waals surface area contributed by atoms with Crippen LogP contribution >= 0.6 is 12.0 Å². The first-order chi connectivity index (χ1) is 8.84. The Morgan fingerprint density at radius 2 is 2.26 bits per heavy atom. The molecule has 0 aromatic rings. The summed E-state index contributed by atoms with van der Waals surface area (Å²) in [4.78, 5) is 11.7. The molecule has 0 aromatic carbocycles. The van der Waals surface area contributed by atoms with Crippen LogP contribution in [-0.2, 0) is 8.98 Å². The minimum atomic E-state index is -4.40. The molecule has 1 rings (SSSR count). The Morgan fingerprint density at radius 3 is 2.74 bits per heavy atom. The van der Waals surface area contributed by atoms with E-state index < -0.39 is 23.6 Å². The van der Waals surface area contributed by atoms with E-state index in [1.807, 2.05) is 0 Å². The van der Waals surface area contributed by atoms with Crippen LogP contribution in [0.2, 0.25) is 0 Å². The normalized spacial score (nSPS) is 24.0. The van der Waals surface area contributed by atoms with Crippen LogP contribution in [0.15, 0.2) is 12.3 Å². The molecule has 0 bridgehead atoms. The van der Waals surface area contributed by atoms with Crippen LogP contribution < -0.4 is 16.0 Å². The molecule has 2 unspecified atom stereocenters. The zero-order valence-electron chi connectivity index (χ0n) is 10.3. The van der Waals surface area contributed by atoms with Crippen LogP contribution in [0.25, 0.3) is 0 Å². The quantitative estimate of drug-likeness (QED) is 0.654. The summed E-state index contributed by atoms with van der Waals surface area (Å²) in [6.45, 7) is 4.10. The lowest BCUT2D eigenvalue weighted by Gasteiger charge is -2.29. The second kappa shape index (κ2) is 7.13. The van der Waals surface area contributed by atoms with E-state index in [4.69, 9.17) is 4.18 Å². The number of rotatable bonds is 5. The van der Waals surface area contributed by atoms with Crippen LogP contribution in [0.5, 0.6) is 0 Å². The number of hydrogen-bond donors (Lipinski definition) is 3. The summed E-state index contributed by atoms with van der Waals surface area (Å²) in [5.41, 5.74) is 0.492. The van der Waals surface area contributed by atoms with Crippen molar-refractivity contribution in [1.29, 1.82) is 0 Å². The highest BCUT2D eigenvalue weighted by atomic mass is 32.2. The van der Waals surface area contributed by atoms with Crippen molar-refractivity contribution in [3.8, 4) is 0 Å². The summed E-state index contributed by atoms with van der Waals surface area (Å²) >= 11 is 0.213. The van der Waals surface area contributed by atoms with Crippen LogP contribution in [-0.4, -0.2) is 43.7 Å². The van der Waals surface area contributed by atoms with Crippen molar-refractivity contribution in [3.63, 3.8) is 0 Å². The second-order valence-corrected chi connectivity index (χ2v) is 4.81. The van der Waals surface area contributed by atoms with Crippen LogP contribution in [0, 0.1) is 0 Å². The zero-order chi connectivity index (χ0) is 14.5. The van der Waals surface area contributed by atoms with Gasteiger partial charge in [0.05, 0.1) is 0 Å². The molecule has 1 aliphatic rings. The maximum Gasteiger partial charge on any atom is 0.415 e. The van der Waals surface area contributed by atoms with Crippen molar-refractivity contribution in [2.75, 3.05) is 20.1 Å². The minimum absolute atomic E-state index is 0.192. The molecule has 0 aliphatic carbocycles. The number of amides is 1. The molecule has 1 amide bonds. The van der Waals surface area contributed by atoms with Gasteiger partial charge in [-0.05, 0) is 13.5 Å². The van der Waals surface area contributed by atoms with Gasteiger partial charge in [0.1, 0.15) is 0 Å². The third kappa shape index (κ3) is 5.39. The smallest absolute Gasteiger partial charge is 0.328 e. The first-order valence-electron chi connectivity index (χ1n) is 5.60. The van der Waals surface area contributed by atoms with E-state index in [9.17, 15) is 18.0 Å². The minimum Gasteiger partial charge on any atom is -0.328 e. The van der Waals surface area contributed by atoms with E-state index in [1.165, 1.54) is 0 Å². The molecule has 0 saturated carbocycles. The number of alkyl halides is 3. The number of carbonyl (C=O) groups excluding carboxylic acids is 1. The molecule has 19 heavy (non-hydrogen) atoms. The Labute approximate surface area is 113 Å². The summed E-state index contributed by atoms with van der Waals surface area (Å²) in [5, 5.41) is 5.81. The molecular formula is C10H16F3N3O2S. The maximum atomic E-state index is 12.3. The molecular weight excluding hydrogens is 283 g/mol. The lowest BCUT2D eigenvalue weighted by Crippen LogP contribution is -2.52. The maximum absolute atomic E-state index is 12.3. The van der Waals surface area contributed by atoms with Gasteiger partial charge in [-0.15, -0.1) is 0 Å². The van der Waals surface area contributed by atoms with Gasteiger partial charge in [-0.25, -0.2) is 0 Å². The first-order valence-corrected chi connectivity index (χ1v) is 6.40. The van der Waals surface area contributed by atoms with Crippen molar-refractivity contribution in [3.05, 3.63) is 12.3 Å². The van der Waals surface area contributed by atoms with E-state index >= 15 is 0 Å². The third-order valence-electron chi connectivity index (χ3n) is 2.32. The fourth-order valence-corrected chi connectivity index (χ4v) is 1.98. The fraction of sp³-hybridized carbons (Fsp3) is 0.700. The molecule has 110 valence electrons. The molecule has 0 aromatic heterocycles. The van der Waals surface area contributed by atoms with Crippen LogP contribution in [0.1, 0.15) is 6.42 Å². The monoisotopic (exact) mass is 299 g/mol. The van der Waals surface area contributed by atoms with Crippen molar-refractivity contribution in [2.24, 2.45) is 0 Å². The fourth-order valence-electron chi connectivity index (χ4n) is 1.30. The van der Waals surface area contributed by atoms with Crippen molar-refractivity contribution >= 4 is 17.9 Å². The highest BCUT2D eigenvalue weighted by Gasteiger charge is 2.44. The van der Waals surface area contributed by atoms with Crippen LogP contribution in [0.3, 0.4) is 0 Å². The Bertz CT molecular complexity index is 330. The van der Waals surface area contributed by atoms with E-state index in [2.05, 4.69) is 22.5 Å². The number of nitrogens with one attached hydrogen (secondary N) is 3. The Morgan fingerprint density at radius 1 is 1.58 bits per heavy atom. The van der Waals surface area contributed by atoms with Gasteiger partial charge in [0.15, 0.2) is 11.5 Å². The summed E-state index contributed by atoms with van der Waals surface area (Å²) in [6, 6.07) is 0. The lowest BCUT2D eigenvalue weighted by molar-refractivity contribution is -0.142. The third-order valence-corrected chi connectivity index (χ3v) is 3.29. The van der Waals surface area contributed by atoms with Gasteiger partial charge < -0.3 is 10.6 Å². The van der Waals surface area contributed by atoms with Gasteiger partial charge in [-0.3, -0.25) is 14.3 Å². The molecule has 3 N–H and O–H groups in total. The highest BCUT2D eigenvalue weighted by Crippen LogP contribution is 2.32. The first kappa shape index (κ1) is 16.3. The molecule has 0 radical (unpaired) electrons. The summed E-state index contributed by atoms with van der Waals surface area (Å²) in [5.74, 6) is -0.498. The molecule has 1 fully saturated rings. The van der Waals surface area contributed by atoms with E-state index in [1.54, 1.807) is 7.05 Å². The van der Waals surface area contributed by atoms with Crippen molar-refractivity contribution < 1.29 is 22.1 Å². The predicted octanol–water partition coefficient (Wildman–Crippen LogP) is 0.751. The standard InChI is InChI=1S/C10H16F3N3O2S/c1-6(3-4-14-2)16-8(17)7-5-15-9(19-18-7)10(11,12)13/h7,9,14-15H,1,3-5H2,2H3,(H,16,17). The highest BCUT2D eigenvalue weighted by molar-refractivity contribution is 7.95. The number of hydrogen-bond acceptors (Lipinski definition) is 5. The van der Waals surface area contributed by atoms with Crippen LogP contribution in [0.4, 0.5) is 13.2 Å². The Balaban J connectivity index is 2.35. The lowest BCUT2D eigenvalue weighted by atomic mass is 10.3. The van der Waals surface area contributed by atoms with E-state index in [0.717, 1.165) is 0 Å². The van der Waals surface area contributed by atoms with Crippen molar-refractivity contribution in [2.45, 2.75) is 24.1 Å². The van der Waals surface area contributed by atoms with E-state index in [0.29, 0.717) is 18.7 Å². The molecule has 5 nitrogen and oxygen atoms in total. The van der Waals surface area contributed by atoms with Gasteiger partial charge >= 0.3 is 6.18 Å².